The maximum Gasteiger partial charge on any atom is 0.336 e. The van der Waals surface area contributed by atoms with Gasteiger partial charge in [-0.3, -0.25) is 28.9 Å². The molecule has 4 amide bonds. The molecule has 2 saturated carbocycles. The van der Waals surface area contributed by atoms with Gasteiger partial charge in [-0.15, -0.1) is 16.8 Å². The third-order valence-corrected chi connectivity index (χ3v) is 9.40. The molecule has 1 unspecified atom stereocenters. The second-order valence-corrected chi connectivity index (χ2v) is 11.6. The van der Waals surface area contributed by atoms with Crippen molar-refractivity contribution in [1.82, 2.24) is 9.96 Å². The van der Waals surface area contributed by atoms with Crippen LogP contribution in [0.1, 0.15) is 77.6 Å². The second-order valence-electron chi connectivity index (χ2n) is 10.4. The quantitative estimate of drug-likeness (QED) is 0.461. The van der Waals surface area contributed by atoms with E-state index in [1.165, 1.54) is 4.90 Å². The van der Waals surface area contributed by atoms with Gasteiger partial charge in [-0.05, 0) is 75.9 Å². The van der Waals surface area contributed by atoms with Crippen LogP contribution in [0.25, 0.3) is 0 Å². The lowest BCUT2D eigenvalue weighted by molar-refractivity contribution is -0.201. The minimum Gasteiger partial charge on any atom is -0.330 e. The van der Waals surface area contributed by atoms with Crippen molar-refractivity contribution in [2.45, 2.75) is 82.8 Å². The Bertz CT molecular complexity index is 874. The molecule has 4 fully saturated rings. The number of Topliss-reactive ketones (excluding diaryl/α,β-unsaturated/α-hetero) is 1. The predicted molar refractivity (Wildman–Crippen MR) is 126 cm³/mol. The van der Waals surface area contributed by atoms with E-state index in [0.717, 1.165) is 31.4 Å². The molecular weight excluding hydrogens is 472 g/mol. The first kappa shape index (κ1) is 25.9. The molecule has 2 saturated heterocycles. The summed E-state index contributed by atoms with van der Waals surface area (Å²) >= 11 is 1.58. The number of nitrogens with zero attached hydrogens (tertiary/aromatic N) is 2. The van der Waals surface area contributed by atoms with Crippen LogP contribution in [0.15, 0.2) is 0 Å². The van der Waals surface area contributed by atoms with Crippen molar-refractivity contribution in [3.8, 4) is 0 Å². The Hall–Kier alpha value is -2.23. The molecule has 0 aromatic rings. The fraction of sp³-hybridized carbons (Fsp3) is 0.760. The molecular formula is C25H34N2O7S. The molecule has 0 aromatic carbocycles. The smallest absolute Gasteiger partial charge is 0.330 e. The van der Waals surface area contributed by atoms with Gasteiger partial charge in [0.25, 0.3) is 11.8 Å². The SMILES string of the molecule is CC(=O)[C@H]1CC[C@H](CSC2CC(=O)N(C[C@H]3CC[C@H](C(=O)ON4C(=O)CCC4=O)CC3)C2=O)CC1. The summed E-state index contributed by atoms with van der Waals surface area (Å²) in [6.07, 6.45) is 6.65. The first-order valence-electron chi connectivity index (χ1n) is 12.8. The number of ketones is 1. The highest BCUT2D eigenvalue weighted by Gasteiger charge is 2.41. The van der Waals surface area contributed by atoms with Gasteiger partial charge < -0.3 is 4.84 Å². The number of hydrogen-bond acceptors (Lipinski definition) is 8. The highest BCUT2D eigenvalue weighted by atomic mass is 32.2. The number of rotatable bonds is 8. The van der Waals surface area contributed by atoms with Crippen LogP contribution in [0.2, 0.25) is 0 Å². The molecule has 0 radical (unpaired) electrons. The van der Waals surface area contributed by atoms with E-state index in [-0.39, 0.29) is 59.9 Å². The molecule has 9 nitrogen and oxygen atoms in total. The van der Waals surface area contributed by atoms with E-state index in [4.69, 9.17) is 4.84 Å². The zero-order valence-corrected chi connectivity index (χ0v) is 21.1. The Morgan fingerprint density at radius 1 is 0.829 bits per heavy atom. The number of likely N-dealkylation sites (tertiary alicyclic amines) is 1. The molecule has 4 rings (SSSR count). The summed E-state index contributed by atoms with van der Waals surface area (Å²) in [5.41, 5.74) is 0. The van der Waals surface area contributed by atoms with Gasteiger partial charge in [0.05, 0.1) is 11.2 Å². The van der Waals surface area contributed by atoms with E-state index in [1.807, 2.05) is 0 Å². The molecule has 2 aliphatic carbocycles. The van der Waals surface area contributed by atoms with Crippen molar-refractivity contribution >= 4 is 47.1 Å². The zero-order chi connectivity index (χ0) is 25.1. The molecule has 4 aliphatic rings. The molecule has 0 bridgehead atoms. The Balaban J connectivity index is 1.19. The van der Waals surface area contributed by atoms with E-state index in [1.54, 1.807) is 18.7 Å². The lowest BCUT2D eigenvalue weighted by Crippen LogP contribution is -2.39. The molecule has 0 N–H and O–H groups in total. The number of carbonyl (C=O) groups is 6. The average Bonchev–Trinajstić information content (AvgIpc) is 3.30. The van der Waals surface area contributed by atoms with Crippen LogP contribution in [0.3, 0.4) is 0 Å². The van der Waals surface area contributed by atoms with Gasteiger partial charge in [0.1, 0.15) is 5.78 Å². The summed E-state index contributed by atoms with van der Waals surface area (Å²) < 4.78 is 0. The number of imide groups is 2. The van der Waals surface area contributed by atoms with Crippen LogP contribution in [-0.2, 0) is 33.6 Å². The third kappa shape index (κ3) is 6.13. The van der Waals surface area contributed by atoms with Gasteiger partial charge in [0.15, 0.2) is 0 Å². The summed E-state index contributed by atoms with van der Waals surface area (Å²) in [4.78, 5) is 79.2. The maximum atomic E-state index is 12.9. The van der Waals surface area contributed by atoms with Crippen molar-refractivity contribution in [2.24, 2.45) is 23.7 Å². The highest BCUT2D eigenvalue weighted by Crippen LogP contribution is 2.36. The lowest BCUT2D eigenvalue weighted by atomic mass is 9.81. The first-order chi connectivity index (χ1) is 16.7. The van der Waals surface area contributed by atoms with E-state index in [2.05, 4.69) is 0 Å². The molecule has 2 aliphatic heterocycles. The van der Waals surface area contributed by atoms with Gasteiger partial charge >= 0.3 is 5.97 Å². The van der Waals surface area contributed by atoms with Gasteiger partial charge in [-0.25, -0.2) is 4.79 Å². The van der Waals surface area contributed by atoms with Crippen LogP contribution in [0.5, 0.6) is 0 Å². The molecule has 10 heteroatoms. The molecule has 2 heterocycles. The number of hydroxylamine groups is 2. The Labute approximate surface area is 209 Å². The van der Waals surface area contributed by atoms with Gasteiger partial charge in [-0.2, -0.15) is 0 Å². The van der Waals surface area contributed by atoms with Crippen molar-refractivity contribution in [2.75, 3.05) is 12.3 Å². The van der Waals surface area contributed by atoms with Crippen molar-refractivity contribution < 1.29 is 33.6 Å². The summed E-state index contributed by atoms with van der Waals surface area (Å²) in [7, 11) is 0. The Kier molecular flexibility index (Phi) is 8.29. The summed E-state index contributed by atoms with van der Waals surface area (Å²) in [5.74, 6) is -0.231. The van der Waals surface area contributed by atoms with Crippen LogP contribution < -0.4 is 0 Å². The standard InChI is InChI=1S/C25H34N2O7S/c1-15(28)18-6-4-17(5-7-18)14-35-20-12-23(31)26(24(20)32)13-16-2-8-19(9-3-16)25(33)34-27-21(29)10-11-22(27)30/h16-20H,2-14H2,1H3/t16-,17-,18-,19-,20?. The second kappa shape index (κ2) is 11.2. The number of amides is 4. The zero-order valence-electron chi connectivity index (χ0n) is 20.2. The van der Waals surface area contributed by atoms with Crippen molar-refractivity contribution in [3.63, 3.8) is 0 Å². The largest absolute Gasteiger partial charge is 0.336 e. The van der Waals surface area contributed by atoms with Gasteiger partial charge in [-0.1, -0.05) is 0 Å². The number of carbonyl (C=O) groups excluding carboxylic acids is 6. The molecule has 0 spiro atoms. The Morgan fingerprint density at radius 3 is 2.00 bits per heavy atom. The fourth-order valence-corrected chi connectivity index (χ4v) is 6.99. The fourth-order valence-electron chi connectivity index (χ4n) is 5.62. The highest BCUT2D eigenvalue weighted by molar-refractivity contribution is 8.00. The van der Waals surface area contributed by atoms with E-state index in [9.17, 15) is 28.8 Å². The first-order valence-corrected chi connectivity index (χ1v) is 13.8. The van der Waals surface area contributed by atoms with Gasteiger partial charge in [0.2, 0.25) is 11.8 Å². The van der Waals surface area contributed by atoms with Gasteiger partial charge in [0, 0.05) is 31.7 Å². The third-order valence-electron chi connectivity index (χ3n) is 7.97. The minimum absolute atomic E-state index is 0.0665. The van der Waals surface area contributed by atoms with E-state index >= 15 is 0 Å². The topological polar surface area (TPSA) is 118 Å². The number of thioether (sulfide) groups is 1. The maximum absolute atomic E-state index is 12.9. The summed E-state index contributed by atoms with van der Waals surface area (Å²) in [5, 5.41) is 0.262. The van der Waals surface area contributed by atoms with Crippen molar-refractivity contribution in [3.05, 3.63) is 0 Å². The lowest BCUT2D eigenvalue weighted by Gasteiger charge is -2.30. The van der Waals surface area contributed by atoms with Crippen LogP contribution in [0.4, 0.5) is 0 Å². The monoisotopic (exact) mass is 506 g/mol. The average molecular weight is 507 g/mol. The van der Waals surface area contributed by atoms with E-state index in [0.29, 0.717) is 43.2 Å². The summed E-state index contributed by atoms with van der Waals surface area (Å²) in [6, 6.07) is 0. The normalized spacial score (nSPS) is 31.9. The van der Waals surface area contributed by atoms with Crippen molar-refractivity contribution in [1.29, 1.82) is 0 Å². The van der Waals surface area contributed by atoms with E-state index < -0.39 is 17.8 Å². The van der Waals surface area contributed by atoms with Crippen LogP contribution >= 0.6 is 11.8 Å². The Morgan fingerprint density at radius 2 is 1.40 bits per heavy atom. The molecule has 1 atom stereocenters. The molecule has 192 valence electrons. The minimum atomic E-state index is -0.561. The predicted octanol–water partition coefficient (Wildman–Crippen LogP) is 2.66. The van der Waals surface area contributed by atoms with Crippen LogP contribution in [-0.4, -0.2) is 62.9 Å². The summed E-state index contributed by atoms with van der Waals surface area (Å²) in [6.45, 7) is 2.04. The molecule has 35 heavy (non-hydrogen) atoms. The van der Waals surface area contributed by atoms with Crippen LogP contribution in [0, 0.1) is 23.7 Å². The number of hydrogen-bond donors (Lipinski definition) is 0. The molecule has 0 aromatic heterocycles.